The van der Waals surface area contributed by atoms with E-state index in [1.165, 1.54) is 13.8 Å². The van der Waals surface area contributed by atoms with E-state index in [9.17, 15) is 79.5 Å². The Bertz CT molecular complexity index is 2300. The van der Waals surface area contributed by atoms with Crippen LogP contribution in [0.15, 0.2) is 0 Å². The van der Waals surface area contributed by atoms with Crippen LogP contribution < -0.4 is 43.0 Å². The standard InChI is InChI=1S/C64H118N8O31/c1-4-5-6-9-16-68-60(87)43(12-7-10-14-66-48(78)38-95-26-23-89-17-20-92-29-32-98-62-51(65)57(84)54(81)45(35-73)101-62)72-61(88)44(71-50(80)40-97-28-25-91-19-22-94-31-34-100-64-53(70-42(3)77)59(86)56(83)47(37-75)103-64)13-8-11-15-67-49(79)39-96-27-24-90-18-21-93-30-33-99-63-52(69-41(2)76)58(85)55(82)46(36-74)102-63/h43-47,51-59,62-64,73-75,81-86H,4-40,65H2,1-3H3,(H,66,78)(H,67,79)(H,68,87)(H,69,76)(H,70,77)(H,71,80)(H,72,88)/t43?,44?,45-,46-,47-,51-,52-,53-,54+,55+,56+,57-,58-,59-,62-,63-,64-/m1/s1. The molecule has 7 amide bonds. The number of amides is 7. The average molecular weight is 1500 g/mol. The van der Waals surface area contributed by atoms with Crippen molar-refractivity contribution in [2.45, 2.75) is 189 Å². The zero-order chi connectivity index (χ0) is 75.6. The molecule has 0 aliphatic carbocycles. The molecule has 3 aliphatic rings. The third kappa shape index (κ3) is 39.1. The zero-order valence-corrected chi connectivity index (χ0v) is 59.6. The maximum Gasteiger partial charge on any atom is 0.246 e. The van der Waals surface area contributed by atoms with E-state index in [0.29, 0.717) is 32.2 Å². The van der Waals surface area contributed by atoms with Crippen molar-refractivity contribution in [2.24, 2.45) is 5.73 Å². The van der Waals surface area contributed by atoms with Gasteiger partial charge < -0.3 is 160 Å². The monoisotopic (exact) mass is 1490 g/mol. The first-order valence-corrected chi connectivity index (χ1v) is 35.3. The van der Waals surface area contributed by atoms with Gasteiger partial charge in [-0.1, -0.05) is 26.2 Å². The van der Waals surface area contributed by atoms with Gasteiger partial charge in [0.05, 0.1) is 145 Å². The molecule has 0 aromatic rings. The Balaban J connectivity index is 1.42. The molecule has 0 saturated carbocycles. The zero-order valence-electron chi connectivity index (χ0n) is 59.6. The highest BCUT2D eigenvalue weighted by Gasteiger charge is 2.47. The maximum atomic E-state index is 14.1. The first-order valence-electron chi connectivity index (χ1n) is 35.3. The highest BCUT2D eigenvalue weighted by molar-refractivity contribution is 5.92. The Kier molecular flexibility index (Phi) is 50.8. The fourth-order valence-corrected chi connectivity index (χ4v) is 10.4. The van der Waals surface area contributed by atoms with Crippen LogP contribution in [0.4, 0.5) is 0 Å². The van der Waals surface area contributed by atoms with Crippen molar-refractivity contribution in [1.82, 2.24) is 37.2 Å². The molecule has 3 aliphatic heterocycles. The van der Waals surface area contributed by atoms with Crippen molar-refractivity contribution in [3.05, 3.63) is 0 Å². The van der Waals surface area contributed by atoms with Crippen LogP contribution in [0.25, 0.3) is 0 Å². The Morgan fingerprint density at radius 3 is 1.10 bits per heavy atom. The summed E-state index contributed by atoms with van der Waals surface area (Å²) in [7, 11) is 0. The predicted octanol–water partition coefficient (Wildman–Crippen LogP) is -7.92. The average Bonchev–Trinajstić information content (AvgIpc) is 0.821. The summed E-state index contributed by atoms with van der Waals surface area (Å²) in [6.45, 7) is 4.63. The van der Waals surface area contributed by atoms with Crippen molar-refractivity contribution in [3.63, 3.8) is 0 Å². The van der Waals surface area contributed by atoms with Crippen LogP contribution in [0, 0.1) is 0 Å². The molecular formula is C64H118N8O31. The van der Waals surface area contributed by atoms with E-state index < -0.39 is 166 Å². The molecule has 2 unspecified atom stereocenters. The fraction of sp³-hybridized carbons (Fsp3) is 0.891. The summed E-state index contributed by atoms with van der Waals surface area (Å²) in [5.74, 6) is -3.44. The van der Waals surface area contributed by atoms with Crippen LogP contribution in [0.3, 0.4) is 0 Å². The maximum absolute atomic E-state index is 14.1. The molecule has 0 aromatic carbocycles. The third-order valence-electron chi connectivity index (χ3n) is 16.0. The molecular weight excluding hydrogens is 1380 g/mol. The summed E-state index contributed by atoms with van der Waals surface area (Å²) in [4.78, 5) is 89.7. The van der Waals surface area contributed by atoms with Crippen molar-refractivity contribution in [2.75, 3.05) is 178 Å². The molecule has 3 heterocycles. The molecule has 17 atom stereocenters. The van der Waals surface area contributed by atoms with Crippen molar-refractivity contribution < 1.29 is 151 Å². The van der Waals surface area contributed by atoms with Crippen molar-refractivity contribution in [3.8, 4) is 0 Å². The van der Waals surface area contributed by atoms with E-state index in [1.807, 2.05) is 0 Å². The SMILES string of the molecule is CCCCCCNC(=O)C(CCCCNC(=O)COCCOCCOCCO[C@@H]1O[C@H](CO)[C@H](O)[C@H](O)[C@H]1N)NC(=O)C(CCCCNC(=O)COCCOCCOCCO[C@@H]1O[C@H](CO)[C@H](O)[C@H](O)[C@H]1NC(C)=O)NC(=O)COCCOCCOCCO[C@@H]1O[C@H](CO)[C@H](O)[C@H](O)[C@H]1NC(C)=O. The minimum atomic E-state index is -1.46. The second-order valence-electron chi connectivity index (χ2n) is 24.3. The van der Waals surface area contributed by atoms with Crippen molar-refractivity contribution in [1.29, 1.82) is 0 Å². The Hall–Kier alpha value is -4.71. The Morgan fingerprint density at radius 2 is 0.709 bits per heavy atom. The lowest BCUT2D eigenvalue weighted by Gasteiger charge is -2.42. The second-order valence-corrected chi connectivity index (χ2v) is 24.3. The molecule has 39 nitrogen and oxygen atoms in total. The molecule has 0 radical (unpaired) electrons. The number of aliphatic hydroxyl groups is 9. The quantitative estimate of drug-likeness (QED) is 0.0252. The van der Waals surface area contributed by atoms with Gasteiger partial charge in [0.1, 0.15) is 98.9 Å². The number of nitrogens with two attached hydrogens (primary N) is 1. The van der Waals surface area contributed by atoms with E-state index >= 15 is 0 Å². The van der Waals surface area contributed by atoms with E-state index in [1.54, 1.807) is 0 Å². The van der Waals surface area contributed by atoms with E-state index in [2.05, 4.69) is 44.1 Å². The molecule has 0 spiro atoms. The summed E-state index contributed by atoms with van der Waals surface area (Å²) in [6.07, 6.45) is -9.70. The van der Waals surface area contributed by atoms with Gasteiger partial charge in [0.25, 0.3) is 0 Å². The smallest absolute Gasteiger partial charge is 0.246 e. The summed E-state index contributed by atoms with van der Waals surface area (Å²) in [5.41, 5.74) is 5.87. The number of carbonyl (C=O) groups excluding carboxylic acids is 7. The van der Waals surface area contributed by atoms with E-state index in [4.69, 9.17) is 76.8 Å². The van der Waals surface area contributed by atoms with Crippen molar-refractivity contribution >= 4 is 41.4 Å². The number of unbranched alkanes of at least 4 members (excludes halogenated alkanes) is 5. The fourth-order valence-electron chi connectivity index (χ4n) is 10.4. The number of rotatable bonds is 60. The van der Waals surface area contributed by atoms with Crippen LogP contribution in [0.2, 0.25) is 0 Å². The molecule has 39 heteroatoms. The number of aliphatic hydroxyl groups excluding tert-OH is 9. The first kappa shape index (κ1) is 92.5. The van der Waals surface area contributed by atoms with Crippen LogP contribution in [-0.4, -0.2) is 370 Å². The molecule has 18 N–H and O–H groups in total. The number of carbonyl (C=O) groups is 7. The minimum Gasteiger partial charge on any atom is -0.394 e. The minimum absolute atomic E-state index is 0.0108. The molecule has 3 saturated heterocycles. The normalized spacial score (nSPS) is 25.5. The van der Waals surface area contributed by atoms with Crippen LogP contribution >= 0.6 is 0 Å². The summed E-state index contributed by atoms with van der Waals surface area (Å²) in [6, 6.07) is -5.34. The van der Waals surface area contributed by atoms with Gasteiger partial charge >= 0.3 is 0 Å². The Labute approximate surface area is 600 Å². The van der Waals surface area contributed by atoms with Crippen LogP contribution in [0.5, 0.6) is 0 Å². The van der Waals surface area contributed by atoms with Gasteiger partial charge in [0, 0.05) is 33.5 Å². The van der Waals surface area contributed by atoms with Crippen LogP contribution in [-0.2, 0) is 105 Å². The topological polar surface area (TPSA) is 550 Å². The van der Waals surface area contributed by atoms with E-state index in [0.717, 1.165) is 25.7 Å². The lowest BCUT2D eigenvalue weighted by molar-refractivity contribution is -0.272. The number of hydrogen-bond donors (Lipinski definition) is 17. The summed E-state index contributed by atoms with van der Waals surface area (Å²) in [5, 5.41) is 109. The lowest BCUT2D eigenvalue weighted by atomic mass is 9.97. The van der Waals surface area contributed by atoms with Gasteiger partial charge in [0.15, 0.2) is 18.9 Å². The molecule has 103 heavy (non-hydrogen) atoms. The molecule has 0 aromatic heterocycles. The van der Waals surface area contributed by atoms with Gasteiger partial charge in [0.2, 0.25) is 41.4 Å². The molecule has 0 bridgehead atoms. The second kappa shape index (κ2) is 56.6. The largest absolute Gasteiger partial charge is 0.394 e. The number of ether oxygens (including phenoxy) is 15. The van der Waals surface area contributed by atoms with Gasteiger partial charge in [-0.05, 0) is 44.9 Å². The predicted molar refractivity (Wildman–Crippen MR) is 356 cm³/mol. The molecule has 3 rings (SSSR count). The van der Waals surface area contributed by atoms with Gasteiger partial charge in [-0.25, -0.2) is 0 Å². The number of nitrogens with one attached hydrogen (secondary N) is 7. The van der Waals surface area contributed by atoms with Gasteiger partial charge in [-0.3, -0.25) is 33.6 Å². The van der Waals surface area contributed by atoms with Gasteiger partial charge in [-0.2, -0.15) is 0 Å². The van der Waals surface area contributed by atoms with Crippen LogP contribution in [0.1, 0.15) is 85.0 Å². The third-order valence-corrected chi connectivity index (χ3v) is 16.0. The molecule has 600 valence electrons. The Morgan fingerprint density at radius 1 is 0.379 bits per heavy atom. The number of hydrogen-bond acceptors (Lipinski definition) is 32. The van der Waals surface area contributed by atoms with E-state index in [-0.39, 0.29) is 164 Å². The lowest BCUT2D eigenvalue weighted by Crippen LogP contribution is -2.64. The first-order chi connectivity index (χ1) is 49.7. The highest BCUT2D eigenvalue weighted by Crippen LogP contribution is 2.25. The van der Waals surface area contributed by atoms with Gasteiger partial charge in [-0.15, -0.1) is 0 Å². The summed E-state index contributed by atoms with van der Waals surface area (Å²) < 4.78 is 82.6. The highest BCUT2D eigenvalue weighted by atomic mass is 16.7. The summed E-state index contributed by atoms with van der Waals surface area (Å²) >= 11 is 0. The molecule has 3 fully saturated rings.